The predicted molar refractivity (Wildman–Crippen MR) is 85.8 cm³/mol. The lowest BCUT2D eigenvalue weighted by molar-refractivity contribution is -0.0235. The minimum atomic E-state index is -0.817. The lowest BCUT2D eigenvalue weighted by Crippen LogP contribution is -2.52. The molecule has 1 amide bonds. The summed E-state index contributed by atoms with van der Waals surface area (Å²) in [5.41, 5.74) is 0.878. The van der Waals surface area contributed by atoms with Crippen LogP contribution in [0.5, 0.6) is 0 Å². The van der Waals surface area contributed by atoms with Gasteiger partial charge in [0.15, 0.2) is 0 Å². The first-order valence-corrected chi connectivity index (χ1v) is 8.06. The van der Waals surface area contributed by atoms with Gasteiger partial charge in [0.2, 0.25) is 0 Å². The highest BCUT2D eigenvalue weighted by atomic mass is 16.3. The van der Waals surface area contributed by atoms with E-state index in [-0.39, 0.29) is 11.9 Å². The van der Waals surface area contributed by atoms with Crippen LogP contribution in [0.25, 0.3) is 11.4 Å². The van der Waals surface area contributed by atoms with Gasteiger partial charge in [-0.3, -0.25) is 14.6 Å². The molecule has 124 valence electrons. The summed E-state index contributed by atoms with van der Waals surface area (Å²) in [5.74, 6) is -0.245. The number of nitrogens with one attached hydrogen (secondary N) is 2. The second-order valence-corrected chi connectivity index (χ2v) is 6.39. The molecule has 0 saturated heterocycles. The quantitative estimate of drug-likeness (QED) is 0.798. The van der Waals surface area contributed by atoms with Gasteiger partial charge in [0.05, 0.1) is 29.1 Å². The van der Waals surface area contributed by atoms with Crippen LogP contribution in [0, 0.1) is 0 Å². The van der Waals surface area contributed by atoms with Crippen LogP contribution in [0.2, 0.25) is 0 Å². The summed E-state index contributed by atoms with van der Waals surface area (Å²) in [7, 11) is 1.82. The van der Waals surface area contributed by atoms with Crippen LogP contribution in [0.4, 0.5) is 0 Å². The van der Waals surface area contributed by atoms with Crippen molar-refractivity contribution in [2.75, 3.05) is 0 Å². The average molecular weight is 317 g/mol. The van der Waals surface area contributed by atoms with E-state index < -0.39 is 5.60 Å². The summed E-state index contributed by atoms with van der Waals surface area (Å²) >= 11 is 0. The Morgan fingerprint density at radius 2 is 2.17 bits per heavy atom. The molecule has 2 heterocycles. The molecule has 1 unspecified atom stereocenters. The van der Waals surface area contributed by atoms with E-state index in [1.807, 2.05) is 26.2 Å². The molecule has 3 N–H and O–H groups in total. The number of amides is 1. The maximum absolute atomic E-state index is 12.6. The summed E-state index contributed by atoms with van der Waals surface area (Å²) in [6.45, 7) is 1.86. The molecule has 2 aromatic heterocycles. The lowest BCUT2D eigenvalue weighted by Gasteiger charge is -2.37. The summed E-state index contributed by atoms with van der Waals surface area (Å²) < 4.78 is 1.67. The predicted octanol–water partition coefficient (Wildman–Crippen LogP) is 1.62. The second-order valence-electron chi connectivity index (χ2n) is 6.39. The van der Waals surface area contributed by atoms with Gasteiger partial charge in [-0.2, -0.15) is 10.2 Å². The van der Waals surface area contributed by atoms with Crippen molar-refractivity contribution in [3.63, 3.8) is 0 Å². The highest BCUT2D eigenvalue weighted by molar-refractivity contribution is 5.99. The summed E-state index contributed by atoms with van der Waals surface area (Å²) in [6, 6.07) is 1.52. The van der Waals surface area contributed by atoms with Crippen LogP contribution in [-0.2, 0) is 7.05 Å². The van der Waals surface area contributed by atoms with Crippen molar-refractivity contribution in [2.45, 2.75) is 50.7 Å². The van der Waals surface area contributed by atoms with Gasteiger partial charge in [-0.25, -0.2) is 0 Å². The van der Waals surface area contributed by atoms with Crippen LogP contribution < -0.4 is 5.32 Å². The SMILES string of the molecule is CC(NC(=O)c1cn[nH]c1-c1ccn(C)n1)C1(O)CCCCC1. The Labute approximate surface area is 135 Å². The van der Waals surface area contributed by atoms with Crippen LogP contribution in [-0.4, -0.2) is 42.6 Å². The van der Waals surface area contributed by atoms with Gasteiger partial charge in [0.1, 0.15) is 5.69 Å². The van der Waals surface area contributed by atoms with E-state index in [9.17, 15) is 9.90 Å². The molecule has 1 atom stereocenters. The summed E-state index contributed by atoms with van der Waals surface area (Å²) in [4.78, 5) is 12.6. The summed E-state index contributed by atoms with van der Waals surface area (Å²) in [5, 5.41) is 24.7. The Balaban J connectivity index is 1.75. The Morgan fingerprint density at radius 1 is 1.43 bits per heavy atom. The molecule has 1 saturated carbocycles. The van der Waals surface area contributed by atoms with Gasteiger partial charge in [0, 0.05) is 13.2 Å². The van der Waals surface area contributed by atoms with Crippen molar-refractivity contribution in [2.24, 2.45) is 7.05 Å². The van der Waals surface area contributed by atoms with Crippen LogP contribution in [0.3, 0.4) is 0 Å². The van der Waals surface area contributed by atoms with Crippen LogP contribution in [0.1, 0.15) is 49.4 Å². The molecule has 7 heteroatoms. The lowest BCUT2D eigenvalue weighted by atomic mass is 9.80. The maximum atomic E-state index is 12.6. The second kappa shape index (κ2) is 6.16. The minimum Gasteiger partial charge on any atom is -0.388 e. The number of aryl methyl sites for hydroxylation is 1. The fraction of sp³-hybridized carbons (Fsp3) is 0.562. The molecule has 3 rings (SSSR count). The molecule has 1 fully saturated rings. The van der Waals surface area contributed by atoms with Crippen molar-refractivity contribution >= 4 is 5.91 Å². The van der Waals surface area contributed by atoms with Crippen molar-refractivity contribution in [1.29, 1.82) is 0 Å². The van der Waals surface area contributed by atoms with Crippen molar-refractivity contribution < 1.29 is 9.90 Å². The zero-order valence-corrected chi connectivity index (χ0v) is 13.5. The van der Waals surface area contributed by atoms with Crippen molar-refractivity contribution in [3.8, 4) is 11.4 Å². The van der Waals surface area contributed by atoms with Gasteiger partial charge in [0.25, 0.3) is 5.91 Å². The normalized spacial score (nSPS) is 18.6. The van der Waals surface area contributed by atoms with Gasteiger partial charge in [-0.15, -0.1) is 0 Å². The third kappa shape index (κ3) is 3.14. The monoisotopic (exact) mass is 317 g/mol. The third-order valence-electron chi connectivity index (χ3n) is 4.73. The molecule has 1 aliphatic rings. The zero-order chi connectivity index (χ0) is 16.4. The molecular formula is C16H23N5O2. The molecule has 2 aromatic rings. The zero-order valence-electron chi connectivity index (χ0n) is 13.5. The highest BCUT2D eigenvalue weighted by Gasteiger charge is 2.36. The molecule has 7 nitrogen and oxygen atoms in total. The number of rotatable bonds is 4. The number of carbonyl (C=O) groups is 1. The van der Waals surface area contributed by atoms with Crippen LogP contribution >= 0.6 is 0 Å². The Kier molecular flexibility index (Phi) is 4.21. The maximum Gasteiger partial charge on any atom is 0.255 e. The Morgan fingerprint density at radius 3 is 2.83 bits per heavy atom. The first-order valence-electron chi connectivity index (χ1n) is 8.06. The Bertz CT molecular complexity index is 684. The molecule has 0 radical (unpaired) electrons. The average Bonchev–Trinajstić information content (AvgIpc) is 3.16. The number of aliphatic hydroxyl groups is 1. The van der Waals surface area contributed by atoms with E-state index in [0.29, 0.717) is 17.0 Å². The highest BCUT2D eigenvalue weighted by Crippen LogP contribution is 2.31. The van der Waals surface area contributed by atoms with E-state index in [4.69, 9.17) is 0 Å². The molecule has 0 aromatic carbocycles. The number of carbonyl (C=O) groups excluding carboxylic acids is 1. The molecule has 1 aliphatic carbocycles. The smallest absolute Gasteiger partial charge is 0.255 e. The van der Waals surface area contributed by atoms with Gasteiger partial charge >= 0.3 is 0 Å². The van der Waals surface area contributed by atoms with E-state index in [0.717, 1.165) is 32.1 Å². The first-order chi connectivity index (χ1) is 11.0. The third-order valence-corrected chi connectivity index (χ3v) is 4.73. The number of nitrogens with zero attached hydrogens (tertiary/aromatic N) is 3. The first kappa shape index (κ1) is 15.7. The van der Waals surface area contributed by atoms with E-state index >= 15 is 0 Å². The standard InChI is InChI=1S/C16H23N5O2/c1-11(16(23)7-4-3-5-8-16)18-15(22)12-10-17-19-14(12)13-6-9-21(2)20-13/h6,9-11,23H,3-5,7-8H2,1-2H3,(H,17,19)(H,18,22). The Hall–Kier alpha value is -2.15. The summed E-state index contributed by atoms with van der Waals surface area (Å²) in [6.07, 6.45) is 7.92. The number of aromatic amines is 1. The number of hydrogen-bond acceptors (Lipinski definition) is 4. The van der Waals surface area contributed by atoms with E-state index in [1.165, 1.54) is 6.20 Å². The minimum absolute atomic E-state index is 0.245. The number of H-pyrrole nitrogens is 1. The van der Waals surface area contributed by atoms with E-state index in [2.05, 4.69) is 20.6 Å². The molecule has 0 spiro atoms. The molecule has 0 aliphatic heterocycles. The van der Waals surface area contributed by atoms with E-state index in [1.54, 1.807) is 4.68 Å². The topological polar surface area (TPSA) is 95.8 Å². The molecular weight excluding hydrogens is 294 g/mol. The number of hydrogen-bond donors (Lipinski definition) is 3. The fourth-order valence-electron chi connectivity index (χ4n) is 3.21. The van der Waals surface area contributed by atoms with Gasteiger partial charge < -0.3 is 10.4 Å². The van der Waals surface area contributed by atoms with Crippen molar-refractivity contribution in [3.05, 3.63) is 24.0 Å². The van der Waals surface area contributed by atoms with Gasteiger partial charge in [-0.1, -0.05) is 19.3 Å². The van der Waals surface area contributed by atoms with Crippen molar-refractivity contribution in [1.82, 2.24) is 25.3 Å². The molecule has 23 heavy (non-hydrogen) atoms. The fourth-order valence-corrected chi connectivity index (χ4v) is 3.21. The van der Waals surface area contributed by atoms with Gasteiger partial charge in [-0.05, 0) is 25.8 Å². The molecule has 0 bridgehead atoms. The van der Waals surface area contributed by atoms with Crippen LogP contribution in [0.15, 0.2) is 18.5 Å². The number of aromatic nitrogens is 4. The largest absolute Gasteiger partial charge is 0.388 e.